The van der Waals surface area contributed by atoms with Crippen LogP contribution in [0.5, 0.6) is 5.75 Å². The van der Waals surface area contributed by atoms with Gasteiger partial charge in [-0.1, -0.05) is 38.1 Å². The van der Waals surface area contributed by atoms with Crippen molar-refractivity contribution in [2.75, 3.05) is 5.32 Å². The Morgan fingerprint density at radius 1 is 1.00 bits per heavy atom. The van der Waals surface area contributed by atoms with E-state index >= 15 is 0 Å². The van der Waals surface area contributed by atoms with E-state index in [0.717, 1.165) is 26.5 Å². The molecule has 3 aromatic rings. The largest absolute Gasteiger partial charge is 0.508 e. The third-order valence-electron chi connectivity index (χ3n) is 6.62. The number of aryl methyl sites for hydroxylation is 1. The molecule has 0 radical (unpaired) electrons. The lowest BCUT2D eigenvalue weighted by Crippen LogP contribution is -2.48. The number of benzene rings is 2. The normalized spacial score (nSPS) is 14.3. The molecule has 1 atom stereocenters. The van der Waals surface area contributed by atoms with E-state index in [4.69, 9.17) is 0 Å². The minimum absolute atomic E-state index is 0.0991. The van der Waals surface area contributed by atoms with Gasteiger partial charge in [-0.2, -0.15) is 0 Å². The van der Waals surface area contributed by atoms with E-state index in [0.29, 0.717) is 23.6 Å². The number of nitrogens with one attached hydrogen (secondary N) is 1. The van der Waals surface area contributed by atoms with Gasteiger partial charge in [0.1, 0.15) is 11.8 Å². The van der Waals surface area contributed by atoms with Gasteiger partial charge in [-0.3, -0.25) is 24.3 Å². The fraction of sp³-hybridized carbons (Fsp3) is 0.333. The second-order valence-electron chi connectivity index (χ2n) is 9.90. The number of imide groups is 1. The predicted molar refractivity (Wildman–Crippen MR) is 149 cm³/mol. The number of aromatic hydroxyl groups is 1. The highest BCUT2D eigenvalue weighted by atomic mass is 32.2. The number of hydrogen-bond acceptors (Lipinski definition) is 6. The van der Waals surface area contributed by atoms with Crippen molar-refractivity contribution in [3.8, 4) is 5.75 Å². The van der Waals surface area contributed by atoms with Crippen molar-refractivity contribution < 1.29 is 19.5 Å². The molecule has 2 N–H and O–H groups in total. The molecule has 1 saturated heterocycles. The van der Waals surface area contributed by atoms with Gasteiger partial charge in [0.2, 0.25) is 17.7 Å². The van der Waals surface area contributed by atoms with Crippen molar-refractivity contribution in [3.05, 3.63) is 83.2 Å². The maximum Gasteiger partial charge on any atom is 0.248 e. The number of hydrogen-bond donors (Lipinski definition) is 2. The lowest BCUT2D eigenvalue weighted by molar-refractivity contribution is -0.145. The molecule has 0 saturated carbocycles. The molecule has 198 valence electrons. The molecule has 2 heterocycles. The lowest BCUT2D eigenvalue weighted by atomic mass is 9.89. The van der Waals surface area contributed by atoms with Crippen molar-refractivity contribution >= 4 is 35.2 Å². The van der Waals surface area contributed by atoms with Crippen molar-refractivity contribution in [2.24, 2.45) is 5.92 Å². The number of anilines is 1. The van der Waals surface area contributed by atoms with Gasteiger partial charge in [0.05, 0.1) is 11.4 Å². The Morgan fingerprint density at radius 3 is 2.37 bits per heavy atom. The molecule has 38 heavy (non-hydrogen) atoms. The van der Waals surface area contributed by atoms with Crippen LogP contribution < -0.4 is 5.32 Å². The van der Waals surface area contributed by atoms with Crippen LogP contribution in [0, 0.1) is 12.8 Å². The number of amides is 3. The number of nitrogens with zero attached hydrogens (tertiary/aromatic N) is 2. The molecule has 3 amide bonds. The summed E-state index contributed by atoms with van der Waals surface area (Å²) < 4.78 is 0. The number of aromatic nitrogens is 1. The third kappa shape index (κ3) is 6.42. The minimum Gasteiger partial charge on any atom is -0.508 e. The van der Waals surface area contributed by atoms with Gasteiger partial charge in [0.25, 0.3) is 0 Å². The first-order chi connectivity index (χ1) is 18.2. The van der Waals surface area contributed by atoms with Gasteiger partial charge in [-0.15, -0.1) is 11.8 Å². The quantitative estimate of drug-likeness (QED) is 0.273. The van der Waals surface area contributed by atoms with Gasteiger partial charge in [-0.25, -0.2) is 0 Å². The summed E-state index contributed by atoms with van der Waals surface area (Å²) in [5.41, 5.74) is 3.79. The zero-order valence-corrected chi connectivity index (χ0v) is 22.8. The van der Waals surface area contributed by atoms with Crippen LogP contribution in [0.2, 0.25) is 0 Å². The molecule has 1 fully saturated rings. The summed E-state index contributed by atoms with van der Waals surface area (Å²) in [6.45, 7) is 5.99. The number of phenolic OH excluding ortho intramolecular Hbond substituents is 1. The van der Waals surface area contributed by atoms with Crippen molar-refractivity contribution in [2.45, 2.75) is 63.1 Å². The fourth-order valence-corrected chi connectivity index (χ4v) is 5.68. The third-order valence-corrected chi connectivity index (χ3v) is 7.66. The molecule has 1 aliphatic rings. The number of thioether (sulfide) groups is 1. The average Bonchev–Trinajstić information content (AvgIpc) is 3.22. The zero-order valence-electron chi connectivity index (χ0n) is 21.9. The van der Waals surface area contributed by atoms with Crippen LogP contribution in [0.15, 0.2) is 65.7 Å². The number of carbonyl (C=O) groups excluding carboxylic acids is 3. The maximum atomic E-state index is 13.6. The second-order valence-corrected chi connectivity index (χ2v) is 11.0. The first-order valence-electron chi connectivity index (χ1n) is 12.8. The Bertz CT molecular complexity index is 1310. The Morgan fingerprint density at radius 2 is 1.71 bits per heavy atom. The number of phenols is 1. The fourth-order valence-electron chi connectivity index (χ4n) is 4.70. The smallest absolute Gasteiger partial charge is 0.248 e. The van der Waals surface area contributed by atoms with Crippen LogP contribution in [0.25, 0.3) is 0 Å². The Kier molecular flexibility index (Phi) is 8.84. The molecule has 0 unspecified atom stereocenters. The van der Waals surface area contributed by atoms with Gasteiger partial charge >= 0.3 is 0 Å². The van der Waals surface area contributed by atoms with Gasteiger partial charge < -0.3 is 10.4 Å². The van der Waals surface area contributed by atoms with Crippen LogP contribution in [0.3, 0.4) is 0 Å². The second kappa shape index (κ2) is 12.3. The van der Waals surface area contributed by atoms with Crippen LogP contribution in [0.1, 0.15) is 49.1 Å². The number of likely N-dealkylation sites (tertiary alicyclic amines) is 1. The van der Waals surface area contributed by atoms with E-state index in [2.05, 4.69) is 24.1 Å². The molecular weight excluding hydrogens is 498 g/mol. The number of carbonyl (C=O) groups is 3. The van der Waals surface area contributed by atoms with E-state index in [9.17, 15) is 19.5 Å². The molecular formula is C30H33N3O4S. The van der Waals surface area contributed by atoms with Crippen LogP contribution in [-0.4, -0.2) is 38.8 Å². The van der Waals surface area contributed by atoms with Crippen molar-refractivity contribution in [1.29, 1.82) is 0 Å². The summed E-state index contributed by atoms with van der Waals surface area (Å²) in [5, 5.41) is 13.7. The van der Waals surface area contributed by atoms with E-state index in [1.807, 2.05) is 36.4 Å². The summed E-state index contributed by atoms with van der Waals surface area (Å²) in [6, 6.07) is 15.9. The first kappa shape index (κ1) is 27.4. The lowest BCUT2D eigenvalue weighted by Gasteiger charge is -2.27. The molecule has 0 spiro atoms. The average molecular weight is 532 g/mol. The highest BCUT2D eigenvalue weighted by molar-refractivity contribution is 7.98. The Hall–Kier alpha value is -3.65. The van der Waals surface area contributed by atoms with Crippen LogP contribution >= 0.6 is 11.8 Å². The summed E-state index contributed by atoms with van der Waals surface area (Å²) in [5.74, 6) is -0.0822. The molecule has 1 aliphatic heterocycles. The summed E-state index contributed by atoms with van der Waals surface area (Å²) in [4.78, 5) is 45.5. The minimum atomic E-state index is -1.01. The highest BCUT2D eigenvalue weighted by Crippen LogP contribution is 2.34. The zero-order chi connectivity index (χ0) is 27.2. The first-order valence-corrected chi connectivity index (χ1v) is 13.8. The molecule has 7 nitrogen and oxygen atoms in total. The molecule has 8 heteroatoms. The number of rotatable bonds is 10. The van der Waals surface area contributed by atoms with Gasteiger partial charge in [0.15, 0.2) is 0 Å². The molecule has 4 rings (SSSR count). The molecule has 2 aromatic carbocycles. The predicted octanol–water partition coefficient (Wildman–Crippen LogP) is 5.29. The molecule has 1 aromatic heterocycles. The van der Waals surface area contributed by atoms with Gasteiger partial charge in [0, 0.05) is 41.7 Å². The molecule has 0 aliphatic carbocycles. The van der Waals surface area contributed by atoms with Crippen LogP contribution in [0.4, 0.5) is 5.69 Å². The van der Waals surface area contributed by atoms with Crippen LogP contribution in [-0.2, 0) is 33.0 Å². The summed E-state index contributed by atoms with van der Waals surface area (Å²) in [6.07, 6.45) is 2.68. The highest BCUT2D eigenvalue weighted by Gasteiger charge is 2.39. The Balaban J connectivity index is 1.70. The SMILES string of the molecule is Cc1ncccc1NC(=O)[C@H](Cc1ccc(O)c(CSc2ccccc2)c1CC(C)C)N1C(=O)CCC1=O. The monoisotopic (exact) mass is 531 g/mol. The van der Waals surface area contributed by atoms with E-state index in [1.54, 1.807) is 43.1 Å². The number of pyridine rings is 1. The van der Waals surface area contributed by atoms with Gasteiger partial charge in [-0.05, 0) is 60.7 Å². The van der Waals surface area contributed by atoms with Crippen molar-refractivity contribution in [1.82, 2.24) is 9.88 Å². The topological polar surface area (TPSA) is 99.6 Å². The maximum absolute atomic E-state index is 13.6. The standard InChI is InChI=1S/C30H33N3O4S/c1-19(2)16-23-21(11-12-27(34)24(23)18-38-22-8-5-4-6-9-22)17-26(33-28(35)13-14-29(33)36)30(37)32-25-10-7-15-31-20(25)3/h4-12,15,19,26,34H,13-14,16-18H2,1-3H3,(H,32,37)/t26-/m0/s1. The van der Waals surface area contributed by atoms with E-state index in [1.165, 1.54) is 0 Å². The van der Waals surface area contributed by atoms with Crippen molar-refractivity contribution in [3.63, 3.8) is 0 Å². The Labute approximate surface area is 227 Å². The summed E-state index contributed by atoms with van der Waals surface area (Å²) >= 11 is 1.63. The summed E-state index contributed by atoms with van der Waals surface area (Å²) in [7, 11) is 0. The van der Waals surface area contributed by atoms with E-state index in [-0.39, 0.29) is 42.7 Å². The van der Waals surface area contributed by atoms with E-state index < -0.39 is 11.9 Å². The molecule has 0 bridgehead atoms.